The number of carbonyl (C=O) groups is 2. The number of hydrogen-bond donors (Lipinski definition) is 1. The molecule has 1 fully saturated rings. The van der Waals surface area contributed by atoms with E-state index in [0.29, 0.717) is 67.3 Å². The summed E-state index contributed by atoms with van der Waals surface area (Å²) >= 11 is 13.4. The van der Waals surface area contributed by atoms with E-state index in [4.69, 9.17) is 32.7 Å². The van der Waals surface area contributed by atoms with E-state index in [-0.39, 0.29) is 36.0 Å². The Morgan fingerprint density at radius 3 is 2.54 bits per heavy atom. The van der Waals surface area contributed by atoms with Crippen molar-refractivity contribution in [3.63, 3.8) is 0 Å². The summed E-state index contributed by atoms with van der Waals surface area (Å²) in [6, 6.07) is 14.8. The van der Waals surface area contributed by atoms with Gasteiger partial charge in [0.15, 0.2) is 5.82 Å². The Labute approximate surface area is 276 Å². The lowest BCUT2D eigenvalue weighted by molar-refractivity contribution is 0.0776. The van der Waals surface area contributed by atoms with Crippen LogP contribution in [0.5, 0.6) is 0 Å². The molecule has 0 bridgehead atoms. The Morgan fingerprint density at radius 2 is 1.80 bits per heavy atom. The van der Waals surface area contributed by atoms with Gasteiger partial charge in [-0.15, -0.1) is 11.3 Å². The normalized spacial score (nSPS) is 15.3. The monoisotopic (exact) mass is 677 g/mol. The van der Waals surface area contributed by atoms with E-state index in [1.54, 1.807) is 49.5 Å². The van der Waals surface area contributed by atoms with Gasteiger partial charge in [-0.1, -0.05) is 46.6 Å². The lowest BCUT2D eigenvalue weighted by atomic mass is 9.92. The molecule has 46 heavy (non-hydrogen) atoms. The van der Waals surface area contributed by atoms with E-state index in [9.17, 15) is 18.8 Å². The third-order valence-electron chi connectivity index (χ3n) is 8.45. The smallest absolute Gasteiger partial charge is 0.347 e. The van der Waals surface area contributed by atoms with E-state index in [2.05, 4.69) is 10.5 Å². The first kappa shape index (κ1) is 30.3. The highest BCUT2D eigenvalue weighted by atomic mass is 35.5. The number of carbonyl (C=O) groups excluding carboxylic acids is 2. The highest BCUT2D eigenvalue weighted by molar-refractivity contribution is 7.17. The van der Waals surface area contributed by atoms with E-state index in [1.165, 1.54) is 28.0 Å². The standard InChI is InChI=1S/C33H26Cl2FN5O4S/c1-40-30(39-45-33(40)44)26-22(11-7-17-4-8-19(36)9-5-17)38-29-23-3-2-14-41(23)32(43)28(29)27(26)24-12-13-25(46-24)31(42)37-16-18-6-10-20(34)21(35)15-18/h4-6,8-10,12-13,15,23H,2-3,7,11,14,16H2,1H3,(H,37,42)/t23-/m0/s1. The number of fused-ring (bicyclic) bond motifs is 3. The number of pyridine rings is 1. The van der Waals surface area contributed by atoms with Crippen LogP contribution in [0.1, 0.15) is 61.4 Å². The average Bonchev–Trinajstić information content (AvgIpc) is 3.84. The molecule has 2 aromatic carbocycles. The summed E-state index contributed by atoms with van der Waals surface area (Å²) in [7, 11) is 1.55. The molecular weight excluding hydrogens is 652 g/mol. The molecule has 1 N–H and O–H groups in total. The Kier molecular flexibility index (Phi) is 8.00. The number of hydrogen-bond acceptors (Lipinski definition) is 7. The summed E-state index contributed by atoms with van der Waals surface area (Å²) in [5, 5.41) is 7.85. The SMILES string of the molecule is Cn1c(-c2c(CCc3ccc(F)cc3)nc3c(c2-c2ccc(C(=O)NCc4ccc(Cl)c(Cl)c4)s2)C(=O)N2CCC[C@@H]32)noc1=O. The summed E-state index contributed by atoms with van der Waals surface area (Å²) in [5.74, 6) is -1.20. The van der Waals surface area contributed by atoms with Crippen LogP contribution in [-0.4, -0.2) is 38.0 Å². The quantitative estimate of drug-likeness (QED) is 0.198. The maximum absolute atomic E-state index is 14.0. The van der Waals surface area contributed by atoms with Crippen molar-refractivity contribution in [3.8, 4) is 21.8 Å². The molecule has 1 atom stereocenters. The van der Waals surface area contributed by atoms with E-state index < -0.39 is 5.76 Å². The molecule has 2 aliphatic rings. The maximum atomic E-state index is 14.0. The van der Waals surface area contributed by atoms with Crippen molar-refractivity contribution in [1.82, 2.24) is 24.9 Å². The van der Waals surface area contributed by atoms with Crippen LogP contribution in [0.25, 0.3) is 21.8 Å². The lowest BCUT2D eigenvalue weighted by Crippen LogP contribution is -2.23. The molecule has 0 saturated carbocycles. The zero-order chi connectivity index (χ0) is 32.1. The van der Waals surface area contributed by atoms with Crippen molar-refractivity contribution in [3.05, 3.63) is 114 Å². The number of nitrogens with zero attached hydrogens (tertiary/aromatic N) is 4. The van der Waals surface area contributed by atoms with Crippen LogP contribution in [0.4, 0.5) is 4.39 Å². The Balaban J connectivity index is 1.33. The van der Waals surface area contributed by atoms with Gasteiger partial charge in [0.25, 0.3) is 11.8 Å². The zero-order valence-electron chi connectivity index (χ0n) is 24.5. The van der Waals surface area contributed by atoms with E-state index in [0.717, 1.165) is 24.0 Å². The van der Waals surface area contributed by atoms with Gasteiger partial charge in [-0.3, -0.25) is 23.7 Å². The van der Waals surface area contributed by atoms with Gasteiger partial charge in [0.05, 0.1) is 43.5 Å². The second kappa shape index (κ2) is 12.1. The largest absolute Gasteiger partial charge is 0.441 e. The zero-order valence-corrected chi connectivity index (χ0v) is 26.8. The van der Waals surface area contributed by atoms with Gasteiger partial charge in [-0.25, -0.2) is 9.18 Å². The molecule has 13 heteroatoms. The van der Waals surface area contributed by atoms with E-state index in [1.807, 2.05) is 4.90 Å². The van der Waals surface area contributed by atoms with Crippen molar-refractivity contribution in [2.45, 2.75) is 38.3 Å². The van der Waals surface area contributed by atoms with Crippen molar-refractivity contribution in [2.24, 2.45) is 7.05 Å². The Bertz CT molecular complexity index is 2070. The summed E-state index contributed by atoms with van der Waals surface area (Å²) < 4.78 is 19.9. The fourth-order valence-corrected chi connectivity index (χ4v) is 7.45. The minimum atomic E-state index is -0.661. The van der Waals surface area contributed by atoms with Crippen molar-refractivity contribution >= 4 is 46.4 Å². The van der Waals surface area contributed by atoms with Gasteiger partial charge in [-0.2, -0.15) is 0 Å². The Hall–Kier alpha value is -4.32. The second-order valence-electron chi connectivity index (χ2n) is 11.3. The topological polar surface area (TPSA) is 110 Å². The van der Waals surface area contributed by atoms with Gasteiger partial charge in [0.2, 0.25) is 0 Å². The van der Waals surface area contributed by atoms with Crippen LogP contribution in [-0.2, 0) is 26.4 Å². The lowest BCUT2D eigenvalue weighted by Gasteiger charge is -2.17. The molecule has 1 saturated heterocycles. The number of benzene rings is 2. The number of rotatable bonds is 8. The van der Waals surface area contributed by atoms with Crippen LogP contribution in [0, 0.1) is 5.82 Å². The van der Waals surface area contributed by atoms with Gasteiger partial charge in [-0.05, 0) is 73.2 Å². The third kappa shape index (κ3) is 5.42. The van der Waals surface area contributed by atoms with Crippen LogP contribution in [0.15, 0.2) is 63.9 Å². The molecule has 0 radical (unpaired) electrons. The fraction of sp³-hybridized carbons (Fsp3) is 0.242. The second-order valence-corrected chi connectivity index (χ2v) is 13.2. The summed E-state index contributed by atoms with van der Waals surface area (Å²) in [6.07, 6.45) is 2.61. The number of halogens is 3. The molecule has 3 aromatic heterocycles. The molecule has 0 aliphatic carbocycles. The van der Waals surface area contributed by atoms with Crippen molar-refractivity contribution in [2.75, 3.05) is 6.54 Å². The first-order valence-corrected chi connectivity index (χ1v) is 16.2. The highest BCUT2D eigenvalue weighted by Gasteiger charge is 2.44. The summed E-state index contributed by atoms with van der Waals surface area (Å²) in [5.41, 5.74) is 4.51. The molecule has 0 unspecified atom stereocenters. The van der Waals surface area contributed by atoms with Crippen LogP contribution in [0.2, 0.25) is 10.0 Å². The summed E-state index contributed by atoms with van der Waals surface area (Å²) in [4.78, 5) is 47.8. The first-order valence-electron chi connectivity index (χ1n) is 14.7. The fourth-order valence-electron chi connectivity index (χ4n) is 6.15. The number of aromatic nitrogens is 3. The van der Waals surface area contributed by atoms with Gasteiger partial charge >= 0.3 is 5.76 Å². The molecule has 234 valence electrons. The number of aryl methyl sites for hydroxylation is 2. The minimum Gasteiger partial charge on any atom is -0.347 e. The Morgan fingerprint density at radius 1 is 1.02 bits per heavy atom. The molecule has 5 aromatic rings. The predicted molar refractivity (Wildman–Crippen MR) is 173 cm³/mol. The molecule has 2 amide bonds. The molecule has 5 heterocycles. The minimum absolute atomic E-state index is 0.140. The number of amides is 2. The molecular formula is C33H26Cl2FN5O4S. The first-order chi connectivity index (χ1) is 22.2. The maximum Gasteiger partial charge on any atom is 0.441 e. The van der Waals surface area contributed by atoms with Gasteiger partial charge in [0.1, 0.15) is 5.82 Å². The van der Waals surface area contributed by atoms with Crippen molar-refractivity contribution in [1.29, 1.82) is 0 Å². The summed E-state index contributed by atoms with van der Waals surface area (Å²) in [6.45, 7) is 0.859. The molecule has 0 spiro atoms. The van der Waals surface area contributed by atoms with Gasteiger partial charge < -0.3 is 10.2 Å². The van der Waals surface area contributed by atoms with Crippen LogP contribution < -0.4 is 11.1 Å². The average molecular weight is 679 g/mol. The molecule has 9 nitrogen and oxygen atoms in total. The number of nitrogens with one attached hydrogen (secondary N) is 1. The van der Waals surface area contributed by atoms with Gasteiger partial charge in [0, 0.05) is 30.6 Å². The van der Waals surface area contributed by atoms with Crippen LogP contribution in [0.3, 0.4) is 0 Å². The molecule has 2 aliphatic heterocycles. The third-order valence-corrected chi connectivity index (χ3v) is 10.3. The number of thiophene rings is 1. The van der Waals surface area contributed by atoms with E-state index >= 15 is 0 Å². The van der Waals surface area contributed by atoms with Crippen molar-refractivity contribution < 1.29 is 18.5 Å². The van der Waals surface area contributed by atoms with Crippen LogP contribution >= 0.6 is 34.5 Å². The predicted octanol–water partition coefficient (Wildman–Crippen LogP) is 6.62. The molecule has 7 rings (SSSR count). The highest BCUT2D eigenvalue weighted by Crippen LogP contribution is 2.48.